The van der Waals surface area contributed by atoms with Crippen LogP contribution in [0.25, 0.3) is 22.0 Å². The molecule has 0 spiro atoms. The first kappa shape index (κ1) is 23.7. The lowest BCUT2D eigenvalue weighted by atomic mass is 9.96. The number of nitrogens with two attached hydrogens (primary N) is 1. The zero-order valence-electron chi connectivity index (χ0n) is 19.5. The van der Waals surface area contributed by atoms with Gasteiger partial charge in [0.1, 0.15) is 28.5 Å². The number of nitrogens with zero attached hydrogens (tertiary/aromatic N) is 4. The van der Waals surface area contributed by atoms with Gasteiger partial charge in [-0.3, -0.25) is 9.78 Å². The van der Waals surface area contributed by atoms with E-state index < -0.39 is 5.25 Å². The van der Waals surface area contributed by atoms with Crippen LogP contribution >= 0.6 is 11.8 Å². The molecule has 2 aromatic heterocycles. The molecule has 2 aromatic carbocycles. The molecule has 0 aliphatic rings. The van der Waals surface area contributed by atoms with Crippen molar-refractivity contribution in [2.45, 2.75) is 31.0 Å². The van der Waals surface area contributed by atoms with Gasteiger partial charge in [-0.2, -0.15) is 10.5 Å². The number of hydrogen-bond donors (Lipinski definition) is 2. The first-order valence-electron chi connectivity index (χ1n) is 10.9. The lowest BCUT2D eigenvalue weighted by Crippen LogP contribution is -2.23. The zero-order chi connectivity index (χ0) is 25.1. The minimum absolute atomic E-state index is 0.0212. The number of anilines is 2. The van der Waals surface area contributed by atoms with Crippen molar-refractivity contribution in [3.8, 4) is 23.3 Å². The molecule has 0 saturated heterocycles. The number of pyridine rings is 2. The SMILES string of the molecule is Cc1ccc(-c2c(C#N)c(N)nc(SC(C)C(=O)Nc3cc(C)nc4ccccc34)c2C#N)cc1. The molecule has 3 N–H and O–H groups in total. The molecule has 1 atom stereocenters. The van der Waals surface area contributed by atoms with Crippen LogP contribution in [0.15, 0.2) is 59.6 Å². The van der Waals surface area contributed by atoms with Gasteiger partial charge in [-0.15, -0.1) is 0 Å². The first-order chi connectivity index (χ1) is 16.8. The standard InChI is InChI=1S/C27H22N6OS/c1-15-8-10-18(11-9-15)24-20(13-28)25(30)33-27(21(24)14-29)35-17(3)26(34)32-23-12-16(2)31-22-7-5-4-6-19(22)23/h4-12,17H,1-3H3,(H2,30,33)(H,31,32,34). The number of nitrogens with one attached hydrogen (secondary N) is 1. The number of aryl methyl sites for hydroxylation is 2. The number of hydrogen-bond acceptors (Lipinski definition) is 7. The quantitative estimate of drug-likeness (QED) is 0.370. The van der Waals surface area contributed by atoms with Gasteiger partial charge in [0.15, 0.2) is 0 Å². The highest BCUT2D eigenvalue weighted by Gasteiger charge is 2.24. The van der Waals surface area contributed by atoms with Crippen LogP contribution in [0.2, 0.25) is 0 Å². The minimum atomic E-state index is -0.597. The van der Waals surface area contributed by atoms with E-state index in [4.69, 9.17) is 5.73 Å². The van der Waals surface area contributed by atoms with Crippen LogP contribution in [0.5, 0.6) is 0 Å². The Morgan fingerprint density at radius 1 is 1.03 bits per heavy atom. The third kappa shape index (κ3) is 4.79. The van der Waals surface area contributed by atoms with Gasteiger partial charge in [-0.25, -0.2) is 4.98 Å². The Kier molecular flexibility index (Phi) is 6.68. The molecular weight excluding hydrogens is 456 g/mol. The number of carbonyl (C=O) groups is 1. The van der Waals surface area contributed by atoms with E-state index in [9.17, 15) is 15.3 Å². The fourth-order valence-electron chi connectivity index (χ4n) is 3.76. The molecule has 0 bridgehead atoms. The van der Waals surface area contributed by atoms with Crippen LogP contribution in [-0.2, 0) is 4.79 Å². The molecule has 7 nitrogen and oxygen atoms in total. The molecular formula is C27H22N6OS. The summed E-state index contributed by atoms with van der Waals surface area (Å²) in [7, 11) is 0. The number of benzene rings is 2. The van der Waals surface area contributed by atoms with E-state index in [-0.39, 0.29) is 22.9 Å². The number of nitriles is 2. The van der Waals surface area contributed by atoms with Crippen molar-refractivity contribution in [1.82, 2.24) is 9.97 Å². The number of para-hydroxylation sites is 1. The molecule has 8 heteroatoms. The average molecular weight is 479 g/mol. The number of nitrogen functional groups attached to an aromatic ring is 1. The number of amides is 1. The molecule has 0 saturated carbocycles. The molecule has 4 rings (SSSR count). The molecule has 0 radical (unpaired) electrons. The van der Waals surface area contributed by atoms with E-state index in [0.717, 1.165) is 33.9 Å². The molecule has 0 fully saturated rings. The predicted octanol–water partition coefficient (Wildman–Crippen LogP) is 5.36. The Hall–Kier alpha value is -4.40. The van der Waals surface area contributed by atoms with E-state index in [0.29, 0.717) is 21.8 Å². The lowest BCUT2D eigenvalue weighted by Gasteiger charge is -2.17. The summed E-state index contributed by atoms with van der Waals surface area (Å²) in [5, 5.41) is 23.2. The highest BCUT2D eigenvalue weighted by Crippen LogP contribution is 2.37. The molecule has 2 heterocycles. The number of aromatic nitrogens is 2. The Morgan fingerprint density at radius 2 is 1.71 bits per heavy atom. The summed E-state index contributed by atoms with van der Waals surface area (Å²) in [4.78, 5) is 21.9. The maximum Gasteiger partial charge on any atom is 0.237 e. The topological polar surface area (TPSA) is 128 Å². The third-order valence-corrected chi connectivity index (χ3v) is 6.60. The Morgan fingerprint density at radius 3 is 2.40 bits per heavy atom. The maximum atomic E-state index is 13.1. The van der Waals surface area contributed by atoms with Crippen molar-refractivity contribution < 1.29 is 4.79 Å². The second-order valence-electron chi connectivity index (χ2n) is 8.09. The Labute approximate surface area is 207 Å². The normalized spacial score (nSPS) is 11.5. The summed E-state index contributed by atoms with van der Waals surface area (Å²) in [5.74, 6) is -0.232. The van der Waals surface area contributed by atoms with Gasteiger partial charge in [0.2, 0.25) is 5.91 Å². The minimum Gasteiger partial charge on any atom is -0.383 e. The molecule has 4 aromatic rings. The molecule has 1 amide bonds. The highest BCUT2D eigenvalue weighted by molar-refractivity contribution is 8.00. The van der Waals surface area contributed by atoms with Crippen LogP contribution < -0.4 is 11.1 Å². The summed E-state index contributed by atoms with van der Waals surface area (Å²) < 4.78 is 0. The van der Waals surface area contributed by atoms with Crippen molar-refractivity contribution >= 4 is 40.1 Å². The van der Waals surface area contributed by atoms with Crippen molar-refractivity contribution in [3.05, 3.63) is 77.0 Å². The largest absolute Gasteiger partial charge is 0.383 e. The van der Waals surface area contributed by atoms with Gasteiger partial charge in [0.25, 0.3) is 0 Å². The van der Waals surface area contributed by atoms with Crippen molar-refractivity contribution in [1.29, 1.82) is 10.5 Å². The fourth-order valence-corrected chi connectivity index (χ4v) is 4.68. The third-order valence-electron chi connectivity index (χ3n) is 5.52. The van der Waals surface area contributed by atoms with Crippen molar-refractivity contribution in [2.75, 3.05) is 11.1 Å². The highest BCUT2D eigenvalue weighted by atomic mass is 32.2. The van der Waals surface area contributed by atoms with Crippen LogP contribution in [0.1, 0.15) is 29.3 Å². The van der Waals surface area contributed by atoms with E-state index >= 15 is 0 Å². The molecule has 172 valence electrons. The van der Waals surface area contributed by atoms with Gasteiger partial charge in [-0.05, 0) is 38.5 Å². The van der Waals surface area contributed by atoms with Crippen LogP contribution in [0.4, 0.5) is 11.5 Å². The van der Waals surface area contributed by atoms with E-state index in [1.54, 1.807) is 6.92 Å². The average Bonchev–Trinajstić information content (AvgIpc) is 2.84. The van der Waals surface area contributed by atoms with E-state index in [1.165, 1.54) is 0 Å². The maximum absolute atomic E-state index is 13.1. The lowest BCUT2D eigenvalue weighted by molar-refractivity contribution is -0.115. The number of thioether (sulfide) groups is 1. The van der Waals surface area contributed by atoms with Gasteiger partial charge in [-0.1, -0.05) is 59.8 Å². The van der Waals surface area contributed by atoms with Gasteiger partial charge in [0.05, 0.1) is 22.0 Å². The van der Waals surface area contributed by atoms with Gasteiger partial charge < -0.3 is 11.1 Å². The van der Waals surface area contributed by atoms with Gasteiger partial charge >= 0.3 is 0 Å². The predicted molar refractivity (Wildman–Crippen MR) is 139 cm³/mol. The van der Waals surface area contributed by atoms with Crippen LogP contribution in [-0.4, -0.2) is 21.1 Å². The second kappa shape index (κ2) is 9.84. The smallest absolute Gasteiger partial charge is 0.237 e. The number of carbonyl (C=O) groups excluding carboxylic acids is 1. The fraction of sp³-hybridized carbons (Fsp3) is 0.148. The summed E-state index contributed by atoms with van der Waals surface area (Å²) >= 11 is 1.13. The summed E-state index contributed by atoms with van der Waals surface area (Å²) in [5.41, 5.74) is 10.9. The Bertz CT molecular complexity index is 1530. The van der Waals surface area contributed by atoms with Crippen LogP contribution in [0, 0.1) is 36.5 Å². The number of fused-ring (bicyclic) bond motifs is 1. The summed E-state index contributed by atoms with van der Waals surface area (Å²) in [6.45, 7) is 5.56. The van der Waals surface area contributed by atoms with Crippen LogP contribution in [0.3, 0.4) is 0 Å². The Balaban J connectivity index is 1.69. The molecule has 0 aliphatic heterocycles. The molecule has 35 heavy (non-hydrogen) atoms. The van der Waals surface area contributed by atoms with Gasteiger partial charge in [0, 0.05) is 16.6 Å². The molecule has 1 unspecified atom stereocenters. The number of rotatable bonds is 5. The van der Waals surface area contributed by atoms with Crippen molar-refractivity contribution in [2.24, 2.45) is 0 Å². The summed E-state index contributed by atoms with van der Waals surface area (Å²) in [6.07, 6.45) is 0. The molecule has 0 aliphatic carbocycles. The first-order valence-corrected chi connectivity index (χ1v) is 11.7. The monoisotopic (exact) mass is 478 g/mol. The van der Waals surface area contributed by atoms with Crippen molar-refractivity contribution in [3.63, 3.8) is 0 Å². The second-order valence-corrected chi connectivity index (χ2v) is 9.42. The summed E-state index contributed by atoms with van der Waals surface area (Å²) in [6, 6.07) is 21.1. The zero-order valence-corrected chi connectivity index (χ0v) is 20.3. The van der Waals surface area contributed by atoms with E-state index in [2.05, 4.69) is 27.4 Å². The van der Waals surface area contributed by atoms with E-state index in [1.807, 2.05) is 68.4 Å².